The van der Waals surface area contributed by atoms with Crippen molar-refractivity contribution in [1.29, 1.82) is 0 Å². The third-order valence-electron chi connectivity index (χ3n) is 2.32. The standard InChI is InChI=1S/C12H14FN3/c1-8(14)6-9-7-12(16-15-9)10-4-2-3-5-11(10)13/h2-5,7-8H,6,14H2,1H3,(H,15,16). The van der Waals surface area contributed by atoms with E-state index in [1.807, 2.05) is 13.0 Å². The Labute approximate surface area is 93.5 Å². The Bertz CT molecular complexity index is 477. The molecular weight excluding hydrogens is 205 g/mol. The van der Waals surface area contributed by atoms with Crippen LogP contribution in [0.15, 0.2) is 30.3 Å². The molecule has 3 nitrogen and oxygen atoms in total. The molecule has 0 radical (unpaired) electrons. The van der Waals surface area contributed by atoms with E-state index in [1.54, 1.807) is 18.2 Å². The minimum Gasteiger partial charge on any atom is -0.328 e. The molecule has 0 amide bonds. The highest BCUT2D eigenvalue weighted by Crippen LogP contribution is 2.21. The quantitative estimate of drug-likeness (QED) is 0.830. The summed E-state index contributed by atoms with van der Waals surface area (Å²) in [5.74, 6) is -0.263. The van der Waals surface area contributed by atoms with Gasteiger partial charge in [0, 0.05) is 23.7 Å². The van der Waals surface area contributed by atoms with Crippen LogP contribution in [0.5, 0.6) is 0 Å². The molecule has 1 unspecified atom stereocenters. The lowest BCUT2D eigenvalue weighted by Crippen LogP contribution is -2.17. The van der Waals surface area contributed by atoms with Crippen molar-refractivity contribution < 1.29 is 4.39 Å². The maximum atomic E-state index is 13.5. The van der Waals surface area contributed by atoms with E-state index in [-0.39, 0.29) is 11.9 Å². The van der Waals surface area contributed by atoms with E-state index in [9.17, 15) is 4.39 Å². The Morgan fingerprint density at radius 3 is 2.88 bits per heavy atom. The van der Waals surface area contributed by atoms with Crippen molar-refractivity contribution in [2.45, 2.75) is 19.4 Å². The summed E-state index contributed by atoms with van der Waals surface area (Å²) in [5.41, 5.74) is 7.73. The van der Waals surface area contributed by atoms with Crippen LogP contribution in [0.2, 0.25) is 0 Å². The van der Waals surface area contributed by atoms with Crippen molar-refractivity contribution in [3.05, 3.63) is 41.8 Å². The molecule has 0 spiro atoms. The third kappa shape index (κ3) is 2.28. The molecule has 1 aromatic heterocycles. The average Bonchev–Trinajstić information content (AvgIpc) is 2.66. The normalized spacial score (nSPS) is 12.7. The van der Waals surface area contributed by atoms with Gasteiger partial charge in [0.1, 0.15) is 5.82 Å². The second-order valence-corrected chi connectivity index (χ2v) is 3.94. The lowest BCUT2D eigenvalue weighted by Gasteiger charge is -1.99. The van der Waals surface area contributed by atoms with E-state index in [1.165, 1.54) is 6.07 Å². The molecule has 0 saturated heterocycles. The molecule has 0 aliphatic carbocycles. The fourth-order valence-corrected chi connectivity index (χ4v) is 1.62. The van der Waals surface area contributed by atoms with E-state index in [2.05, 4.69) is 10.2 Å². The molecule has 1 atom stereocenters. The predicted octanol–water partition coefficient (Wildman–Crippen LogP) is 2.11. The number of aromatic amines is 1. The van der Waals surface area contributed by atoms with Gasteiger partial charge < -0.3 is 5.73 Å². The van der Waals surface area contributed by atoms with Crippen LogP contribution in [0.4, 0.5) is 4.39 Å². The number of rotatable bonds is 3. The zero-order chi connectivity index (χ0) is 11.5. The van der Waals surface area contributed by atoms with Gasteiger partial charge in [0.25, 0.3) is 0 Å². The van der Waals surface area contributed by atoms with Crippen LogP contribution in [-0.2, 0) is 6.42 Å². The van der Waals surface area contributed by atoms with Crippen molar-refractivity contribution in [3.8, 4) is 11.3 Å². The number of aromatic nitrogens is 2. The van der Waals surface area contributed by atoms with E-state index < -0.39 is 0 Å². The summed E-state index contributed by atoms with van der Waals surface area (Å²) in [6, 6.07) is 8.49. The molecule has 0 bridgehead atoms. The van der Waals surface area contributed by atoms with Gasteiger partial charge in [-0.3, -0.25) is 5.10 Å². The lowest BCUT2D eigenvalue weighted by molar-refractivity contribution is 0.630. The Balaban J connectivity index is 2.28. The first kappa shape index (κ1) is 10.8. The molecule has 0 aliphatic rings. The first-order valence-corrected chi connectivity index (χ1v) is 5.21. The van der Waals surface area contributed by atoms with Crippen LogP contribution >= 0.6 is 0 Å². The highest BCUT2D eigenvalue weighted by Gasteiger charge is 2.08. The van der Waals surface area contributed by atoms with E-state index in [0.29, 0.717) is 17.7 Å². The summed E-state index contributed by atoms with van der Waals surface area (Å²) in [6.07, 6.45) is 0.710. The zero-order valence-corrected chi connectivity index (χ0v) is 9.07. The Morgan fingerprint density at radius 1 is 1.44 bits per heavy atom. The van der Waals surface area contributed by atoms with E-state index in [0.717, 1.165) is 5.69 Å². The van der Waals surface area contributed by atoms with Crippen molar-refractivity contribution in [2.75, 3.05) is 0 Å². The van der Waals surface area contributed by atoms with Crippen LogP contribution in [0.3, 0.4) is 0 Å². The van der Waals surface area contributed by atoms with Crippen LogP contribution < -0.4 is 5.73 Å². The molecule has 2 rings (SSSR count). The molecule has 16 heavy (non-hydrogen) atoms. The number of nitrogens with one attached hydrogen (secondary N) is 1. The average molecular weight is 219 g/mol. The highest BCUT2D eigenvalue weighted by atomic mass is 19.1. The number of H-pyrrole nitrogens is 1. The van der Waals surface area contributed by atoms with Gasteiger partial charge in [-0.1, -0.05) is 12.1 Å². The largest absolute Gasteiger partial charge is 0.328 e. The summed E-state index contributed by atoms with van der Waals surface area (Å²) in [4.78, 5) is 0. The molecule has 2 aromatic rings. The highest BCUT2D eigenvalue weighted by molar-refractivity contribution is 5.59. The molecule has 84 valence electrons. The van der Waals surface area contributed by atoms with Crippen molar-refractivity contribution in [3.63, 3.8) is 0 Å². The first-order chi connectivity index (χ1) is 7.66. The van der Waals surface area contributed by atoms with Gasteiger partial charge in [0.05, 0.1) is 5.69 Å². The van der Waals surface area contributed by atoms with Gasteiger partial charge >= 0.3 is 0 Å². The predicted molar refractivity (Wildman–Crippen MR) is 61.3 cm³/mol. The second-order valence-electron chi connectivity index (χ2n) is 3.94. The monoisotopic (exact) mass is 219 g/mol. The van der Waals surface area contributed by atoms with Crippen molar-refractivity contribution in [2.24, 2.45) is 5.73 Å². The zero-order valence-electron chi connectivity index (χ0n) is 9.07. The maximum absolute atomic E-state index is 13.5. The minimum absolute atomic E-state index is 0.0638. The Morgan fingerprint density at radius 2 is 2.19 bits per heavy atom. The Hall–Kier alpha value is -1.68. The molecule has 0 aliphatic heterocycles. The fourth-order valence-electron chi connectivity index (χ4n) is 1.62. The van der Waals surface area contributed by atoms with Crippen molar-refractivity contribution >= 4 is 0 Å². The smallest absolute Gasteiger partial charge is 0.132 e. The summed E-state index contributed by atoms with van der Waals surface area (Å²) >= 11 is 0. The number of nitrogens with two attached hydrogens (primary N) is 1. The van der Waals surface area contributed by atoms with Gasteiger partial charge in [-0.25, -0.2) is 4.39 Å². The van der Waals surface area contributed by atoms with Gasteiger partial charge in [-0.05, 0) is 25.1 Å². The second kappa shape index (κ2) is 4.45. The summed E-state index contributed by atoms with van der Waals surface area (Å²) in [5, 5.41) is 6.95. The summed E-state index contributed by atoms with van der Waals surface area (Å²) in [6.45, 7) is 1.92. The molecule has 4 heteroatoms. The van der Waals surface area contributed by atoms with E-state index in [4.69, 9.17) is 5.73 Å². The van der Waals surface area contributed by atoms with Crippen LogP contribution in [0.1, 0.15) is 12.6 Å². The van der Waals surface area contributed by atoms with Crippen LogP contribution in [0.25, 0.3) is 11.3 Å². The van der Waals surface area contributed by atoms with Crippen molar-refractivity contribution in [1.82, 2.24) is 10.2 Å². The number of hydrogen-bond acceptors (Lipinski definition) is 2. The topological polar surface area (TPSA) is 54.7 Å². The number of hydrogen-bond donors (Lipinski definition) is 2. The first-order valence-electron chi connectivity index (χ1n) is 5.21. The minimum atomic E-state index is -0.263. The van der Waals surface area contributed by atoms with Crippen LogP contribution in [0, 0.1) is 5.82 Å². The summed E-state index contributed by atoms with van der Waals surface area (Å²) in [7, 11) is 0. The molecular formula is C12H14FN3. The Kier molecular flexibility index (Phi) is 3.01. The summed E-state index contributed by atoms with van der Waals surface area (Å²) < 4.78 is 13.5. The lowest BCUT2D eigenvalue weighted by atomic mass is 10.1. The molecule has 0 fully saturated rings. The maximum Gasteiger partial charge on any atom is 0.132 e. The van der Waals surface area contributed by atoms with Crippen LogP contribution in [-0.4, -0.2) is 16.2 Å². The molecule has 3 N–H and O–H groups in total. The van der Waals surface area contributed by atoms with Gasteiger partial charge in [-0.2, -0.15) is 5.10 Å². The molecule has 1 heterocycles. The van der Waals surface area contributed by atoms with Gasteiger partial charge in [0.2, 0.25) is 0 Å². The molecule has 0 saturated carbocycles. The number of halogens is 1. The molecule has 1 aromatic carbocycles. The third-order valence-corrected chi connectivity index (χ3v) is 2.32. The fraction of sp³-hybridized carbons (Fsp3) is 0.250. The number of benzene rings is 1. The number of nitrogens with zero attached hydrogens (tertiary/aromatic N) is 1. The SMILES string of the molecule is CC(N)Cc1cc(-c2ccccc2F)n[nH]1. The van der Waals surface area contributed by atoms with Gasteiger partial charge in [0.15, 0.2) is 0 Å². The van der Waals surface area contributed by atoms with Gasteiger partial charge in [-0.15, -0.1) is 0 Å². The van der Waals surface area contributed by atoms with E-state index >= 15 is 0 Å².